The highest BCUT2D eigenvalue weighted by Crippen LogP contribution is 2.44. The van der Waals surface area contributed by atoms with Crippen LogP contribution in [-0.2, 0) is 4.79 Å². The van der Waals surface area contributed by atoms with Gasteiger partial charge < -0.3 is 15.2 Å². The molecule has 29 heavy (non-hydrogen) atoms. The van der Waals surface area contributed by atoms with E-state index in [2.05, 4.69) is 15.4 Å². The van der Waals surface area contributed by atoms with E-state index in [0.717, 1.165) is 22.6 Å². The average molecular weight is 388 g/mol. The molecule has 2 unspecified atom stereocenters. The molecular formula is C22H20N4O3. The Morgan fingerprint density at radius 2 is 1.97 bits per heavy atom. The van der Waals surface area contributed by atoms with Crippen LogP contribution in [0.5, 0.6) is 11.5 Å². The van der Waals surface area contributed by atoms with Gasteiger partial charge in [0.15, 0.2) is 5.78 Å². The van der Waals surface area contributed by atoms with Crippen LogP contribution in [0.1, 0.15) is 35.9 Å². The quantitative estimate of drug-likeness (QED) is 0.715. The number of aromatic hydroxyl groups is 1. The minimum atomic E-state index is -0.403. The molecule has 2 heterocycles. The summed E-state index contributed by atoms with van der Waals surface area (Å²) in [5.41, 5.74) is 3.48. The number of benzene rings is 2. The van der Waals surface area contributed by atoms with E-state index in [1.807, 2.05) is 30.3 Å². The standard InChI is InChI=1S/C22H20N4O3/c1-29-17-7-5-13(6-8-17)15-10-18-20(19(28)11-15)21(14-3-2-4-16(27)9-14)26-22(25-18)23-12-24-26/h2-9,12,15,21,27H,10-11H2,1H3,(H,23,24,25). The fraction of sp³-hybridized carbons (Fsp3) is 0.227. The zero-order valence-corrected chi connectivity index (χ0v) is 15.9. The number of nitrogens with zero attached hydrogens (tertiary/aromatic N) is 3. The number of carbonyl (C=O) groups excluding carboxylic acids is 1. The first kappa shape index (κ1) is 17.5. The van der Waals surface area contributed by atoms with E-state index in [9.17, 15) is 9.90 Å². The van der Waals surface area contributed by atoms with E-state index < -0.39 is 6.04 Å². The molecule has 2 atom stereocenters. The van der Waals surface area contributed by atoms with Crippen LogP contribution in [0, 0.1) is 0 Å². The molecule has 0 saturated heterocycles. The summed E-state index contributed by atoms with van der Waals surface area (Å²) >= 11 is 0. The van der Waals surface area contributed by atoms with Crippen LogP contribution in [0.3, 0.4) is 0 Å². The molecule has 3 aromatic rings. The maximum absolute atomic E-state index is 13.3. The summed E-state index contributed by atoms with van der Waals surface area (Å²) in [5.74, 6) is 1.71. The summed E-state index contributed by atoms with van der Waals surface area (Å²) in [6.07, 6.45) is 2.60. The van der Waals surface area contributed by atoms with Crippen LogP contribution in [-0.4, -0.2) is 32.8 Å². The predicted octanol–water partition coefficient (Wildman–Crippen LogP) is 3.41. The minimum absolute atomic E-state index is 0.0778. The number of Topliss-reactive ketones (excluding diaryl/α,β-unsaturated/α-hetero) is 1. The molecule has 146 valence electrons. The first-order chi connectivity index (χ1) is 14.1. The van der Waals surface area contributed by atoms with Gasteiger partial charge in [-0.15, -0.1) is 0 Å². The van der Waals surface area contributed by atoms with Gasteiger partial charge in [0.05, 0.1) is 7.11 Å². The maximum atomic E-state index is 13.3. The smallest absolute Gasteiger partial charge is 0.226 e. The predicted molar refractivity (Wildman–Crippen MR) is 107 cm³/mol. The van der Waals surface area contributed by atoms with Crippen molar-refractivity contribution in [3.8, 4) is 11.5 Å². The number of carbonyl (C=O) groups is 1. The lowest BCUT2D eigenvalue weighted by Gasteiger charge is -2.35. The topological polar surface area (TPSA) is 89.3 Å². The molecule has 7 nitrogen and oxygen atoms in total. The summed E-state index contributed by atoms with van der Waals surface area (Å²) < 4.78 is 6.95. The molecule has 0 bridgehead atoms. The molecule has 0 saturated carbocycles. The fourth-order valence-corrected chi connectivity index (χ4v) is 4.27. The Morgan fingerprint density at radius 1 is 1.14 bits per heavy atom. The van der Waals surface area contributed by atoms with Crippen molar-refractivity contribution in [2.45, 2.75) is 24.8 Å². The molecule has 0 fully saturated rings. The Hall–Kier alpha value is -3.61. The van der Waals surface area contributed by atoms with Gasteiger partial charge in [-0.1, -0.05) is 24.3 Å². The summed E-state index contributed by atoms with van der Waals surface area (Å²) in [5, 5.41) is 17.6. The molecule has 0 amide bonds. The van der Waals surface area contributed by atoms with E-state index in [1.165, 1.54) is 6.33 Å². The van der Waals surface area contributed by atoms with Gasteiger partial charge >= 0.3 is 0 Å². The van der Waals surface area contributed by atoms with Gasteiger partial charge in [0.2, 0.25) is 5.95 Å². The number of ether oxygens (including phenoxy) is 1. The normalized spacial score (nSPS) is 20.7. The van der Waals surface area contributed by atoms with Crippen molar-refractivity contribution in [1.82, 2.24) is 14.8 Å². The molecule has 2 aromatic carbocycles. The Kier molecular flexibility index (Phi) is 4.08. The Morgan fingerprint density at radius 3 is 2.72 bits per heavy atom. The minimum Gasteiger partial charge on any atom is -0.508 e. The number of aromatic nitrogens is 3. The third-order valence-corrected chi connectivity index (χ3v) is 5.63. The van der Waals surface area contributed by atoms with Gasteiger partial charge in [0.1, 0.15) is 23.9 Å². The molecule has 1 aromatic heterocycles. The van der Waals surface area contributed by atoms with E-state index in [1.54, 1.807) is 30.0 Å². The summed E-state index contributed by atoms with van der Waals surface area (Å²) in [6, 6.07) is 14.4. The third-order valence-electron chi connectivity index (χ3n) is 5.63. The molecule has 0 spiro atoms. The number of phenols is 1. The highest BCUT2D eigenvalue weighted by Gasteiger charge is 2.39. The first-order valence-corrected chi connectivity index (χ1v) is 9.49. The number of hydrogen-bond acceptors (Lipinski definition) is 6. The zero-order valence-electron chi connectivity index (χ0n) is 15.9. The van der Waals surface area contributed by atoms with Crippen LogP contribution in [0.2, 0.25) is 0 Å². The van der Waals surface area contributed by atoms with Gasteiger partial charge in [-0.05, 0) is 47.7 Å². The van der Waals surface area contributed by atoms with E-state index in [4.69, 9.17) is 4.74 Å². The fourth-order valence-electron chi connectivity index (χ4n) is 4.27. The van der Waals surface area contributed by atoms with Gasteiger partial charge in [-0.2, -0.15) is 10.1 Å². The average Bonchev–Trinajstić information content (AvgIpc) is 3.20. The number of anilines is 1. The summed E-state index contributed by atoms with van der Waals surface area (Å²) in [4.78, 5) is 17.6. The van der Waals surface area contributed by atoms with Gasteiger partial charge in [-0.3, -0.25) is 4.79 Å². The van der Waals surface area contributed by atoms with Crippen LogP contribution >= 0.6 is 0 Å². The number of hydrogen-bond donors (Lipinski definition) is 2. The lowest BCUT2D eigenvalue weighted by Crippen LogP contribution is -2.33. The summed E-state index contributed by atoms with van der Waals surface area (Å²) in [6.45, 7) is 0. The Labute approximate surface area is 167 Å². The first-order valence-electron chi connectivity index (χ1n) is 9.49. The Balaban J connectivity index is 1.56. The van der Waals surface area contributed by atoms with Crippen LogP contribution in [0.25, 0.3) is 0 Å². The molecular weight excluding hydrogens is 368 g/mol. The van der Waals surface area contributed by atoms with Crippen LogP contribution in [0.15, 0.2) is 66.1 Å². The van der Waals surface area contributed by atoms with E-state index >= 15 is 0 Å². The van der Waals surface area contributed by atoms with Gasteiger partial charge in [-0.25, -0.2) is 4.68 Å². The number of methoxy groups -OCH3 is 1. The third kappa shape index (κ3) is 2.95. The Bertz CT molecular complexity index is 1120. The highest BCUT2D eigenvalue weighted by atomic mass is 16.5. The number of rotatable bonds is 3. The second-order valence-corrected chi connectivity index (χ2v) is 7.34. The maximum Gasteiger partial charge on any atom is 0.226 e. The van der Waals surface area contributed by atoms with E-state index in [0.29, 0.717) is 24.4 Å². The van der Waals surface area contributed by atoms with E-state index in [-0.39, 0.29) is 17.5 Å². The monoisotopic (exact) mass is 388 g/mol. The molecule has 5 rings (SSSR count). The number of ketones is 1. The van der Waals surface area contributed by atoms with Crippen molar-refractivity contribution in [3.63, 3.8) is 0 Å². The number of fused-ring (bicyclic) bond motifs is 1. The second kappa shape index (κ2) is 6.77. The molecule has 1 aliphatic carbocycles. The highest BCUT2D eigenvalue weighted by molar-refractivity contribution is 6.00. The zero-order chi connectivity index (χ0) is 20.0. The molecule has 2 aliphatic rings. The van der Waals surface area contributed by atoms with Crippen LogP contribution < -0.4 is 10.1 Å². The SMILES string of the molecule is COc1ccc(C2CC(=O)C3=C(C2)Nc2ncnn2C3c2cccc(O)c2)cc1. The second-order valence-electron chi connectivity index (χ2n) is 7.34. The van der Waals surface area contributed by atoms with Crippen molar-refractivity contribution >= 4 is 11.7 Å². The van der Waals surface area contributed by atoms with Gasteiger partial charge in [0.25, 0.3) is 0 Å². The van der Waals surface area contributed by atoms with Crippen LogP contribution in [0.4, 0.5) is 5.95 Å². The van der Waals surface area contributed by atoms with Crippen molar-refractivity contribution in [3.05, 3.63) is 77.3 Å². The number of allylic oxidation sites excluding steroid dienone is 2. The lowest BCUT2D eigenvalue weighted by atomic mass is 9.78. The lowest BCUT2D eigenvalue weighted by molar-refractivity contribution is -0.116. The van der Waals surface area contributed by atoms with Crippen molar-refractivity contribution in [2.75, 3.05) is 12.4 Å². The van der Waals surface area contributed by atoms with Crippen molar-refractivity contribution < 1.29 is 14.6 Å². The molecule has 0 radical (unpaired) electrons. The number of phenolic OH excluding ortho intramolecular Hbond substituents is 1. The molecule has 1 aliphatic heterocycles. The molecule has 7 heteroatoms. The van der Waals surface area contributed by atoms with Crippen molar-refractivity contribution in [1.29, 1.82) is 0 Å². The number of nitrogens with one attached hydrogen (secondary N) is 1. The summed E-state index contributed by atoms with van der Waals surface area (Å²) in [7, 11) is 1.64. The largest absolute Gasteiger partial charge is 0.508 e. The van der Waals surface area contributed by atoms with Gasteiger partial charge in [0, 0.05) is 17.7 Å². The van der Waals surface area contributed by atoms with Crippen molar-refractivity contribution in [2.24, 2.45) is 0 Å². The molecule has 2 N–H and O–H groups in total.